The fourth-order valence-corrected chi connectivity index (χ4v) is 2.74. The SMILES string of the molecule is NCc1cn(C(CC(=O)NO)Cc2ccc3ccccc3c2)nn1. The first-order valence-electron chi connectivity index (χ1n) is 7.71. The van der Waals surface area contributed by atoms with Crippen molar-refractivity contribution in [1.29, 1.82) is 0 Å². The van der Waals surface area contributed by atoms with E-state index in [1.807, 2.05) is 18.2 Å². The van der Waals surface area contributed by atoms with Crippen LogP contribution in [0.2, 0.25) is 0 Å². The zero-order chi connectivity index (χ0) is 16.9. The molecule has 0 saturated carbocycles. The molecule has 0 aliphatic rings. The Hall–Kier alpha value is -2.77. The summed E-state index contributed by atoms with van der Waals surface area (Å²) in [6, 6.07) is 14.0. The second kappa shape index (κ2) is 7.20. The number of nitrogens with two attached hydrogens (primary N) is 1. The van der Waals surface area contributed by atoms with Gasteiger partial charge in [-0.2, -0.15) is 0 Å². The molecule has 0 spiro atoms. The molecule has 0 radical (unpaired) electrons. The summed E-state index contributed by atoms with van der Waals surface area (Å²) in [6.07, 6.45) is 2.42. The summed E-state index contributed by atoms with van der Waals surface area (Å²) in [6.45, 7) is 0.287. The number of nitrogens with zero attached hydrogens (tertiary/aromatic N) is 3. The predicted octanol–water partition coefficient (Wildman–Crippen LogP) is 1.57. The van der Waals surface area contributed by atoms with E-state index in [4.69, 9.17) is 10.9 Å². The number of hydrogen-bond acceptors (Lipinski definition) is 5. The summed E-state index contributed by atoms with van der Waals surface area (Å²) in [7, 11) is 0. The Kier molecular flexibility index (Phi) is 4.83. The van der Waals surface area contributed by atoms with E-state index in [1.54, 1.807) is 16.4 Å². The van der Waals surface area contributed by atoms with E-state index in [0.717, 1.165) is 16.3 Å². The zero-order valence-electron chi connectivity index (χ0n) is 13.1. The van der Waals surface area contributed by atoms with Crippen LogP contribution in [0, 0.1) is 0 Å². The third-order valence-corrected chi connectivity index (χ3v) is 3.97. The molecule has 3 rings (SSSR count). The molecule has 7 nitrogen and oxygen atoms in total. The van der Waals surface area contributed by atoms with Gasteiger partial charge in [-0.25, -0.2) is 10.2 Å². The molecule has 124 valence electrons. The van der Waals surface area contributed by atoms with Gasteiger partial charge >= 0.3 is 0 Å². The maximum atomic E-state index is 11.6. The number of carbonyl (C=O) groups is 1. The van der Waals surface area contributed by atoms with E-state index in [1.165, 1.54) is 0 Å². The molecule has 1 atom stereocenters. The number of nitrogens with one attached hydrogen (secondary N) is 1. The Labute approximate surface area is 139 Å². The minimum absolute atomic E-state index is 0.0939. The normalized spacial score (nSPS) is 12.2. The van der Waals surface area contributed by atoms with Crippen molar-refractivity contribution in [3.63, 3.8) is 0 Å². The zero-order valence-corrected chi connectivity index (χ0v) is 13.1. The van der Waals surface area contributed by atoms with Gasteiger partial charge in [0.25, 0.3) is 0 Å². The van der Waals surface area contributed by atoms with Gasteiger partial charge in [-0.3, -0.25) is 10.0 Å². The van der Waals surface area contributed by atoms with Crippen LogP contribution >= 0.6 is 0 Å². The third-order valence-electron chi connectivity index (χ3n) is 3.97. The highest BCUT2D eigenvalue weighted by atomic mass is 16.5. The lowest BCUT2D eigenvalue weighted by atomic mass is 10.00. The summed E-state index contributed by atoms with van der Waals surface area (Å²) in [5.74, 6) is -0.467. The lowest BCUT2D eigenvalue weighted by Gasteiger charge is -2.16. The number of carbonyl (C=O) groups excluding carboxylic acids is 1. The molecule has 24 heavy (non-hydrogen) atoms. The van der Waals surface area contributed by atoms with Gasteiger partial charge in [-0.1, -0.05) is 47.7 Å². The quantitative estimate of drug-likeness (QED) is 0.471. The molecule has 1 amide bonds. The van der Waals surface area contributed by atoms with Crippen molar-refractivity contribution in [3.8, 4) is 0 Å². The van der Waals surface area contributed by atoms with Crippen LogP contribution in [0.25, 0.3) is 10.8 Å². The molecule has 0 saturated heterocycles. The summed E-state index contributed by atoms with van der Waals surface area (Å²) >= 11 is 0. The average Bonchev–Trinajstić information content (AvgIpc) is 3.10. The minimum atomic E-state index is -0.467. The molecule has 3 aromatic rings. The summed E-state index contributed by atoms with van der Waals surface area (Å²) in [5, 5.41) is 19.2. The van der Waals surface area contributed by atoms with Gasteiger partial charge in [0.05, 0.1) is 24.4 Å². The molecule has 4 N–H and O–H groups in total. The number of benzene rings is 2. The molecule has 1 heterocycles. The smallest absolute Gasteiger partial charge is 0.245 e. The van der Waals surface area contributed by atoms with Crippen LogP contribution in [-0.4, -0.2) is 26.1 Å². The number of amides is 1. The van der Waals surface area contributed by atoms with Crippen molar-refractivity contribution in [3.05, 3.63) is 59.9 Å². The topological polar surface area (TPSA) is 106 Å². The molecular weight excluding hydrogens is 306 g/mol. The van der Waals surface area contributed by atoms with Crippen molar-refractivity contribution in [2.75, 3.05) is 0 Å². The number of hydroxylamine groups is 1. The second-order valence-electron chi connectivity index (χ2n) is 5.67. The van der Waals surface area contributed by atoms with E-state index in [2.05, 4.69) is 34.6 Å². The fourth-order valence-electron chi connectivity index (χ4n) is 2.74. The van der Waals surface area contributed by atoms with Crippen LogP contribution in [0.4, 0.5) is 0 Å². The van der Waals surface area contributed by atoms with Gasteiger partial charge in [-0.15, -0.1) is 5.10 Å². The maximum absolute atomic E-state index is 11.6. The van der Waals surface area contributed by atoms with Gasteiger partial charge < -0.3 is 5.73 Å². The first kappa shape index (κ1) is 16.1. The Bertz CT molecular complexity index is 846. The number of fused-ring (bicyclic) bond motifs is 1. The van der Waals surface area contributed by atoms with E-state index in [-0.39, 0.29) is 19.0 Å². The van der Waals surface area contributed by atoms with Crippen LogP contribution in [0.1, 0.15) is 23.7 Å². The largest absolute Gasteiger partial charge is 0.325 e. The van der Waals surface area contributed by atoms with Crippen molar-refractivity contribution < 1.29 is 10.0 Å². The highest BCUT2D eigenvalue weighted by molar-refractivity contribution is 5.83. The van der Waals surface area contributed by atoms with Crippen LogP contribution in [0.3, 0.4) is 0 Å². The minimum Gasteiger partial charge on any atom is -0.325 e. The predicted molar refractivity (Wildman–Crippen MR) is 89.1 cm³/mol. The Morgan fingerprint density at radius 1 is 1.25 bits per heavy atom. The average molecular weight is 325 g/mol. The number of aromatic nitrogens is 3. The Morgan fingerprint density at radius 3 is 2.75 bits per heavy atom. The maximum Gasteiger partial charge on any atom is 0.245 e. The van der Waals surface area contributed by atoms with Crippen molar-refractivity contribution >= 4 is 16.7 Å². The first-order chi connectivity index (χ1) is 11.7. The van der Waals surface area contributed by atoms with Crippen molar-refractivity contribution in [2.24, 2.45) is 5.73 Å². The van der Waals surface area contributed by atoms with Gasteiger partial charge in [0.15, 0.2) is 0 Å². The van der Waals surface area contributed by atoms with Crippen LogP contribution in [0.5, 0.6) is 0 Å². The highest BCUT2D eigenvalue weighted by Crippen LogP contribution is 2.21. The van der Waals surface area contributed by atoms with Gasteiger partial charge in [-0.05, 0) is 22.8 Å². The summed E-state index contributed by atoms with van der Waals surface area (Å²) in [4.78, 5) is 11.6. The van der Waals surface area contributed by atoms with E-state index >= 15 is 0 Å². The van der Waals surface area contributed by atoms with Crippen LogP contribution in [0.15, 0.2) is 48.7 Å². The molecule has 1 unspecified atom stereocenters. The second-order valence-corrected chi connectivity index (χ2v) is 5.67. The van der Waals surface area contributed by atoms with Gasteiger partial charge in [0, 0.05) is 6.54 Å². The standard InChI is InChI=1S/C17H19N5O2/c18-10-15-11-22(21-19-15)16(9-17(23)20-24)8-12-5-6-13-3-1-2-4-14(13)7-12/h1-7,11,16,24H,8-10,18H2,(H,20,23). The molecule has 0 fully saturated rings. The van der Waals surface area contributed by atoms with Crippen molar-refractivity contribution in [1.82, 2.24) is 20.5 Å². The summed E-state index contributed by atoms with van der Waals surface area (Å²) in [5.41, 5.74) is 8.98. The monoisotopic (exact) mass is 325 g/mol. The molecular formula is C17H19N5O2. The summed E-state index contributed by atoms with van der Waals surface area (Å²) < 4.78 is 1.63. The Morgan fingerprint density at radius 2 is 2.04 bits per heavy atom. The lowest BCUT2D eigenvalue weighted by molar-refractivity contribution is -0.130. The van der Waals surface area contributed by atoms with E-state index < -0.39 is 5.91 Å². The molecule has 0 aliphatic heterocycles. The highest BCUT2D eigenvalue weighted by Gasteiger charge is 2.18. The lowest BCUT2D eigenvalue weighted by Crippen LogP contribution is -2.25. The van der Waals surface area contributed by atoms with E-state index in [9.17, 15) is 4.79 Å². The molecule has 0 aliphatic carbocycles. The van der Waals surface area contributed by atoms with E-state index in [0.29, 0.717) is 12.1 Å². The van der Waals surface area contributed by atoms with Crippen molar-refractivity contribution in [2.45, 2.75) is 25.4 Å². The molecule has 0 bridgehead atoms. The van der Waals surface area contributed by atoms with Crippen LogP contribution in [-0.2, 0) is 17.8 Å². The first-order valence-corrected chi connectivity index (χ1v) is 7.71. The third kappa shape index (κ3) is 3.58. The van der Waals surface area contributed by atoms with Gasteiger partial charge in [0.1, 0.15) is 0 Å². The number of rotatable bonds is 6. The molecule has 7 heteroatoms. The number of hydrogen-bond donors (Lipinski definition) is 3. The molecule has 2 aromatic carbocycles. The molecule has 1 aromatic heterocycles. The van der Waals surface area contributed by atoms with Crippen LogP contribution < -0.4 is 11.2 Å². The fraction of sp³-hybridized carbons (Fsp3) is 0.235. The van der Waals surface area contributed by atoms with Gasteiger partial charge in [0.2, 0.25) is 5.91 Å². The Balaban J connectivity index is 1.87.